The van der Waals surface area contributed by atoms with Crippen LogP contribution in [0.15, 0.2) is 77.7 Å². The Morgan fingerprint density at radius 1 is 0.933 bits per heavy atom. The van der Waals surface area contributed by atoms with Gasteiger partial charge in [-0.25, -0.2) is 4.79 Å². The number of nitrogens with one attached hydrogen (secondary N) is 1. The summed E-state index contributed by atoms with van der Waals surface area (Å²) in [5.74, 6) is 5.12. The average Bonchev–Trinajstić information content (AvgIpc) is 2.78. The van der Waals surface area contributed by atoms with Gasteiger partial charge < -0.3 is 10.4 Å². The van der Waals surface area contributed by atoms with Crippen molar-refractivity contribution in [2.45, 2.75) is 17.9 Å². The van der Waals surface area contributed by atoms with E-state index in [2.05, 4.69) is 35.4 Å². The van der Waals surface area contributed by atoms with E-state index in [1.807, 2.05) is 24.5 Å². The molecule has 1 amide bonds. The highest BCUT2D eigenvalue weighted by Gasteiger charge is 2.07. The Bertz CT molecular complexity index is 1110. The van der Waals surface area contributed by atoms with Crippen molar-refractivity contribution in [1.29, 1.82) is 0 Å². The fourth-order valence-electron chi connectivity index (χ4n) is 2.82. The van der Waals surface area contributed by atoms with Crippen LogP contribution in [0, 0.1) is 11.8 Å². The minimum absolute atomic E-state index is 0.200. The minimum atomic E-state index is -0.972. The molecule has 0 spiro atoms. The zero-order valence-corrected chi connectivity index (χ0v) is 17.3. The summed E-state index contributed by atoms with van der Waals surface area (Å²) >= 11 is 1.70. The first-order chi connectivity index (χ1) is 14.5. The summed E-state index contributed by atoms with van der Waals surface area (Å²) in [5, 5.41) is 11.8. The molecule has 0 aliphatic carbocycles. The number of hydrogen-bond donors (Lipinski definition) is 2. The molecular weight excluding hydrogens is 394 g/mol. The molecule has 0 unspecified atom stereocenters. The van der Waals surface area contributed by atoms with Gasteiger partial charge in [-0.15, -0.1) is 11.8 Å². The lowest BCUT2D eigenvalue weighted by atomic mass is 10.1. The molecule has 3 aromatic carbocycles. The Labute approximate surface area is 180 Å². The average molecular weight is 416 g/mol. The Morgan fingerprint density at radius 3 is 2.43 bits per heavy atom. The van der Waals surface area contributed by atoms with Crippen LogP contribution in [0.5, 0.6) is 0 Å². The number of rotatable bonds is 6. The summed E-state index contributed by atoms with van der Waals surface area (Å²) in [6.07, 6.45) is 2.70. The van der Waals surface area contributed by atoms with Gasteiger partial charge >= 0.3 is 5.97 Å². The van der Waals surface area contributed by atoms with Crippen LogP contribution >= 0.6 is 11.8 Å². The van der Waals surface area contributed by atoms with E-state index in [-0.39, 0.29) is 11.5 Å². The second-order valence-corrected chi connectivity index (χ2v) is 7.48. The van der Waals surface area contributed by atoms with Crippen LogP contribution < -0.4 is 5.32 Å². The highest BCUT2D eigenvalue weighted by atomic mass is 32.2. The van der Waals surface area contributed by atoms with Gasteiger partial charge in [0.15, 0.2) is 0 Å². The van der Waals surface area contributed by atoms with Crippen LogP contribution in [-0.2, 0) is 13.0 Å². The zero-order valence-electron chi connectivity index (χ0n) is 16.5. The first-order valence-corrected chi connectivity index (χ1v) is 10.6. The van der Waals surface area contributed by atoms with Crippen molar-refractivity contribution in [3.8, 4) is 11.8 Å². The van der Waals surface area contributed by atoms with Crippen LogP contribution in [0.2, 0.25) is 0 Å². The largest absolute Gasteiger partial charge is 0.478 e. The first-order valence-electron chi connectivity index (χ1n) is 9.37. The quantitative estimate of drug-likeness (QED) is 0.455. The Morgan fingerprint density at radius 2 is 1.70 bits per heavy atom. The van der Waals surface area contributed by atoms with Crippen molar-refractivity contribution in [3.63, 3.8) is 0 Å². The van der Waals surface area contributed by atoms with Crippen molar-refractivity contribution in [1.82, 2.24) is 5.32 Å². The number of hydrogen-bond acceptors (Lipinski definition) is 3. The fraction of sp³-hybridized carbons (Fsp3) is 0.120. The predicted octanol–water partition coefficient (Wildman–Crippen LogP) is 4.63. The van der Waals surface area contributed by atoms with Gasteiger partial charge in [0.05, 0.1) is 5.56 Å². The van der Waals surface area contributed by atoms with Crippen molar-refractivity contribution in [3.05, 3.63) is 101 Å². The second kappa shape index (κ2) is 10.3. The third-order valence-electron chi connectivity index (χ3n) is 4.44. The maximum Gasteiger partial charge on any atom is 0.335 e. The predicted molar refractivity (Wildman–Crippen MR) is 120 cm³/mol. The van der Waals surface area contributed by atoms with E-state index >= 15 is 0 Å². The fourth-order valence-corrected chi connectivity index (χ4v) is 3.30. The number of carbonyl (C=O) groups is 2. The zero-order chi connectivity index (χ0) is 21.3. The van der Waals surface area contributed by atoms with Crippen LogP contribution in [0.1, 0.15) is 37.4 Å². The third-order valence-corrected chi connectivity index (χ3v) is 5.16. The SMILES string of the molecule is CSc1cccc(CC#Cc2cccc(C(=O)NCc3ccc(C(=O)O)cc3)c2)c1. The van der Waals surface area contributed by atoms with Gasteiger partial charge in [-0.05, 0) is 59.8 Å². The molecule has 5 heteroatoms. The topological polar surface area (TPSA) is 66.4 Å². The van der Waals surface area contributed by atoms with Crippen LogP contribution in [0.4, 0.5) is 0 Å². The van der Waals surface area contributed by atoms with Crippen molar-refractivity contribution < 1.29 is 14.7 Å². The summed E-state index contributed by atoms with van der Waals surface area (Å²) < 4.78 is 0. The smallest absolute Gasteiger partial charge is 0.335 e. The Kier molecular flexibility index (Phi) is 7.31. The molecule has 3 rings (SSSR count). The minimum Gasteiger partial charge on any atom is -0.478 e. The summed E-state index contributed by atoms with van der Waals surface area (Å²) in [6.45, 7) is 0.320. The van der Waals surface area contributed by atoms with Crippen LogP contribution in [0.25, 0.3) is 0 Å². The number of thioether (sulfide) groups is 1. The van der Waals surface area contributed by atoms with Gasteiger partial charge in [-0.2, -0.15) is 0 Å². The normalized spacial score (nSPS) is 10.0. The van der Waals surface area contributed by atoms with Gasteiger partial charge in [0.25, 0.3) is 5.91 Å². The van der Waals surface area contributed by atoms with Crippen molar-refractivity contribution in [2.24, 2.45) is 0 Å². The molecule has 0 heterocycles. The monoisotopic (exact) mass is 415 g/mol. The number of carbonyl (C=O) groups excluding carboxylic acids is 1. The standard InChI is InChI=1S/C25H21NO3S/c1-30-23-10-4-8-19(16-23)6-2-5-18-7-3-9-22(15-18)24(27)26-17-20-11-13-21(14-12-20)25(28)29/h3-4,7-16H,6,17H2,1H3,(H,26,27)(H,28,29). The summed E-state index contributed by atoms with van der Waals surface area (Å²) in [5.41, 5.74) is 3.54. The van der Waals surface area contributed by atoms with E-state index in [1.54, 1.807) is 36.0 Å². The van der Waals surface area contributed by atoms with Gasteiger partial charge in [0.1, 0.15) is 0 Å². The lowest BCUT2D eigenvalue weighted by Crippen LogP contribution is -2.22. The lowest BCUT2D eigenvalue weighted by molar-refractivity contribution is 0.0696. The molecule has 2 N–H and O–H groups in total. The molecule has 0 aromatic heterocycles. The van der Waals surface area contributed by atoms with Crippen molar-refractivity contribution >= 4 is 23.6 Å². The number of amides is 1. The molecule has 0 bridgehead atoms. The first kappa shape index (κ1) is 21.2. The molecule has 0 aliphatic rings. The Balaban J connectivity index is 1.60. The maximum absolute atomic E-state index is 12.5. The number of aromatic carboxylic acids is 1. The van der Waals surface area contributed by atoms with Gasteiger partial charge in [0.2, 0.25) is 0 Å². The number of carboxylic acids is 1. The van der Waals surface area contributed by atoms with E-state index in [9.17, 15) is 9.59 Å². The summed E-state index contributed by atoms with van der Waals surface area (Å²) in [7, 11) is 0. The molecular formula is C25H21NO3S. The molecule has 0 saturated heterocycles. The number of carboxylic acid groups (broad SMARTS) is 1. The van der Waals surface area contributed by atoms with E-state index in [4.69, 9.17) is 5.11 Å². The van der Waals surface area contributed by atoms with E-state index in [0.717, 1.165) is 16.7 Å². The molecule has 0 saturated carbocycles. The molecule has 0 fully saturated rings. The van der Waals surface area contributed by atoms with E-state index in [1.165, 1.54) is 17.0 Å². The second-order valence-electron chi connectivity index (χ2n) is 6.60. The lowest BCUT2D eigenvalue weighted by Gasteiger charge is -2.06. The highest BCUT2D eigenvalue weighted by Crippen LogP contribution is 2.16. The molecule has 150 valence electrons. The maximum atomic E-state index is 12.5. The molecule has 4 nitrogen and oxygen atoms in total. The van der Waals surface area contributed by atoms with Gasteiger partial charge in [-0.3, -0.25) is 4.79 Å². The van der Waals surface area contributed by atoms with E-state index in [0.29, 0.717) is 18.5 Å². The van der Waals surface area contributed by atoms with Crippen LogP contribution in [-0.4, -0.2) is 23.2 Å². The highest BCUT2D eigenvalue weighted by molar-refractivity contribution is 7.98. The van der Waals surface area contributed by atoms with Gasteiger partial charge in [-0.1, -0.05) is 42.2 Å². The van der Waals surface area contributed by atoms with Gasteiger partial charge in [0, 0.05) is 29.0 Å². The van der Waals surface area contributed by atoms with Crippen molar-refractivity contribution in [2.75, 3.05) is 6.26 Å². The molecule has 30 heavy (non-hydrogen) atoms. The summed E-state index contributed by atoms with van der Waals surface area (Å²) in [4.78, 5) is 24.6. The van der Waals surface area contributed by atoms with E-state index < -0.39 is 5.97 Å². The molecule has 3 aromatic rings. The molecule has 0 radical (unpaired) electrons. The third kappa shape index (κ3) is 6.00. The van der Waals surface area contributed by atoms with Crippen LogP contribution in [0.3, 0.4) is 0 Å². The molecule has 0 atom stereocenters. The molecule has 0 aliphatic heterocycles. The summed E-state index contributed by atoms with van der Waals surface area (Å²) in [6, 6.07) is 21.9. The Hall–Kier alpha value is -3.49. The number of benzene rings is 3.